The predicted molar refractivity (Wildman–Crippen MR) is 43.7 cm³/mol. The van der Waals surface area contributed by atoms with Crippen molar-refractivity contribution in [2.75, 3.05) is 7.11 Å². The first kappa shape index (κ1) is 8.23. The van der Waals surface area contributed by atoms with Crippen LogP contribution in [0.25, 0.3) is 0 Å². The zero-order valence-corrected chi connectivity index (χ0v) is 6.85. The Morgan fingerprint density at radius 3 is 2.91 bits per heavy atom. The van der Waals surface area contributed by atoms with E-state index >= 15 is 0 Å². The Morgan fingerprint density at radius 2 is 2.45 bits per heavy atom. The predicted octanol–water partition coefficient (Wildman–Crippen LogP) is 1.66. The number of rotatable bonds is 3. The van der Waals surface area contributed by atoms with Gasteiger partial charge in [-0.25, -0.2) is 0 Å². The third-order valence-corrected chi connectivity index (χ3v) is 1.36. The van der Waals surface area contributed by atoms with Crippen molar-refractivity contribution in [1.29, 1.82) is 0 Å². The van der Waals surface area contributed by atoms with Crippen LogP contribution in [0.5, 0.6) is 0 Å². The number of aliphatic hydroxyl groups excluding tert-OH is 1. The lowest BCUT2D eigenvalue weighted by atomic mass is 10.4. The van der Waals surface area contributed by atoms with Gasteiger partial charge in [-0.3, -0.25) is 0 Å². The van der Waals surface area contributed by atoms with Crippen LogP contribution in [0.1, 0.15) is 11.5 Å². The van der Waals surface area contributed by atoms with Crippen LogP contribution in [0.3, 0.4) is 0 Å². The van der Waals surface area contributed by atoms with Crippen LogP contribution in [-0.2, 0) is 11.3 Å². The van der Waals surface area contributed by atoms with Crippen LogP contribution in [0.15, 0.2) is 16.5 Å². The minimum Gasteiger partial charge on any atom is -0.496 e. The zero-order valence-electron chi connectivity index (χ0n) is 6.03. The number of aliphatic hydroxyl groups is 1. The molecule has 1 rings (SSSR count). The van der Waals surface area contributed by atoms with Gasteiger partial charge in [0.05, 0.1) is 0 Å². The molecule has 4 heteroatoms. The van der Waals surface area contributed by atoms with E-state index in [2.05, 4.69) is 12.2 Å². The molecule has 0 aliphatic rings. The summed E-state index contributed by atoms with van der Waals surface area (Å²) in [6.07, 6.45) is 0. The normalized spacial score (nSPS) is 9.91. The van der Waals surface area contributed by atoms with Crippen molar-refractivity contribution in [3.8, 4) is 0 Å². The average molecular weight is 172 g/mol. The van der Waals surface area contributed by atoms with Gasteiger partial charge in [-0.15, -0.1) is 0 Å². The summed E-state index contributed by atoms with van der Waals surface area (Å²) in [5.74, 6) is 0.964. The Hall–Kier alpha value is -0.870. The van der Waals surface area contributed by atoms with Crippen molar-refractivity contribution in [3.63, 3.8) is 0 Å². The quantitative estimate of drug-likeness (QED) is 0.704. The van der Waals surface area contributed by atoms with Crippen molar-refractivity contribution >= 4 is 17.3 Å². The van der Waals surface area contributed by atoms with Gasteiger partial charge in [-0.2, -0.15) is 0 Å². The second kappa shape index (κ2) is 3.50. The minimum absolute atomic E-state index is 0.229. The van der Waals surface area contributed by atoms with Gasteiger partial charge < -0.3 is 14.3 Å². The monoisotopic (exact) mass is 172 g/mol. The maximum Gasteiger partial charge on any atom is 0.225 e. The van der Waals surface area contributed by atoms with E-state index in [9.17, 15) is 0 Å². The second-order valence-corrected chi connectivity index (χ2v) is 2.39. The molecule has 0 aliphatic heterocycles. The molecule has 0 atom stereocenters. The van der Waals surface area contributed by atoms with E-state index in [4.69, 9.17) is 14.3 Å². The van der Waals surface area contributed by atoms with E-state index < -0.39 is 0 Å². The van der Waals surface area contributed by atoms with Gasteiger partial charge in [0.25, 0.3) is 0 Å². The van der Waals surface area contributed by atoms with E-state index in [0.717, 1.165) is 0 Å². The topological polar surface area (TPSA) is 42.6 Å². The molecule has 1 N–H and O–H groups in total. The fraction of sp³-hybridized carbons (Fsp3) is 0.286. The molecule has 0 saturated heterocycles. The molecule has 0 bridgehead atoms. The van der Waals surface area contributed by atoms with Gasteiger partial charge in [0, 0.05) is 7.11 Å². The number of thiocarbonyl (C=S) groups is 1. The molecule has 1 aromatic heterocycles. The van der Waals surface area contributed by atoms with Gasteiger partial charge in [-0.1, -0.05) is 0 Å². The highest BCUT2D eigenvalue weighted by atomic mass is 32.1. The van der Waals surface area contributed by atoms with Crippen LogP contribution in [0.2, 0.25) is 0 Å². The molecule has 0 amide bonds. The number of methoxy groups -OCH3 is 1. The van der Waals surface area contributed by atoms with Gasteiger partial charge in [0.2, 0.25) is 5.05 Å². The van der Waals surface area contributed by atoms with Crippen LogP contribution in [0, 0.1) is 0 Å². The van der Waals surface area contributed by atoms with Crippen molar-refractivity contribution in [2.24, 2.45) is 0 Å². The molecule has 0 radical (unpaired) electrons. The first-order valence-electron chi connectivity index (χ1n) is 3.05. The maximum atomic E-state index is 8.80. The van der Waals surface area contributed by atoms with Crippen molar-refractivity contribution in [3.05, 3.63) is 23.7 Å². The summed E-state index contributed by atoms with van der Waals surface area (Å²) >= 11 is 4.48. The summed E-state index contributed by atoms with van der Waals surface area (Å²) in [5.41, 5.74) is 0. The third kappa shape index (κ3) is 2.03. The molecular weight excluding hydrogens is 164 g/mol. The van der Waals surface area contributed by atoms with E-state index in [0.29, 0.717) is 18.1 Å². The van der Waals surface area contributed by atoms with Gasteiger partial charge in [-0.05, 0) is 24.4 Å². The standard InChI is InChI=1S/C7H8O3S/c1-9-4-5-2-3-6(10-5)7(8)11/h2-3H,4H2,1H3,(H,8,11). The van der Waals surface area contributed by atoms with Crippen LogP contribution in [0.4, 0.5) is 0 Å². The fourth-order valence-corrected chi connectivity index (χ4v) is 0.822. The maximum absolute atomic E-state index is 8.80. The number of furan rings is 1. The molecule has 0 saturated carbocycles. The van der Waals surface area contributed by atoms with E-state index in [-0.39, 0.29) is 5.05 Å². The Labute approximate surface area is 69.6 Å². The SMILES string of the molecule is COCc1ccc(C(O)=S)o1. The third-order valence-electron chi connectivity index (χ3n) is 1.16. The fourth-order valence-electron chi connectivity index (χ4n) is 0.713. The lowest BCUT2D eigenvalue weighted by Gasteiger charge is -1.92. The molecule has 60 valence electrons. The highest BCUT2D eigenvalue weighted by Gasteiger charge is 2.04. The van der Waals surface area contributed by atoms with Crippen molar-refractivity contribution < 1.29 is 14.3 Å². The van der Waals surface area contributed by atoms with Gasteiger partial charge in [0.1, 0.15) is 12.4 Å². The van der Waals surface area contributed by atoms with Crippen LogP contribution >= 0.6 is 12.2 Å². The molecule has 3 nitrogen and oxygen atoms in total. The summed E-state index contributed by atoms with van der Waals surface area (Å²) in [6.45, 7) is 0.391. The summed E-state index contributed by atoms with van der Waals surface area (Å²) in [6, 6.07) is 3.32. The molecule has 0 spiro atoms. The lowest BCUT2D eigenvalue weighted by molar-refractivity contribution is 0.164. The molecule has 1 aromatic rings. The van der Waals surface area contributed by atoms with E-state index in [1.54, 1.807) is 19.2 Å². The van der Waals surface area contributed by atoms with Crippen molar-refractivity contribution in [1.82, 2.24) is 0 Å². The number of hydrogen-bond donors (Lipinski definition) is 1. The Kier molecular flexibility index (Phi) is 2.62. The summed E-state index contributed by atoms with van der Waals surface area (Å²) in [4.78, 5) is 0. The molecule has 0 fully saturated rings. The molecule has 11 heavy (non-hydrogen) atoms. The molecule has 1 heterocycles. The van der Waals surface area contributed by atoms with Crippen LogP contribution in [-0.4, -0.2) is 17.3 Å². The highest BCUT2D eigenvalue weighted by Crippen LogP contribution is 2.08. The molecule has 0 aromatic carbocycles. The average Bonchev–Trinajstić information content (AvgIpc) is 2.37. The second-order valence-electron chi connectivity index (χ2n) is 2.00. The lowest BCUT2D eigenvalue weighted by Crippen LogP contribution is -1.90. The van der Waals surface area contributed by atoms with Crippen LogP contribution < -0.4 is 0 Å². The summed E-state index contributed by atoms with van der Waals surface area (Å²) in [7, 11) is 1.57. The van der Waals surface area contributed by atoms with E-state index in [1.807, 2.05) is 0 Å². The largest absolute Gasteiger partial charge is 0.496 e. The number of hydrogen-bond acceptors (Lipinski definition) is 3. The molecule has 0 aliphatic carbocycles. The van der Waals surface area contributed by atoms with E-state index in [1.165, 1.54) is 0 Å². The first-order valence-corrected chi connectivity index (χ1v) is 3.46. The van der Waals surface area contributed by atoms with Gasteiger partial charge >= 0.3 is 0 Å². The smallest absolute Gasteiger partial charge is 0.225 e. The first-order chi connectivity index (χ1) is 5.24. The molecular formula is C7H8O3S. The Balaban J connectivity index is 2.73. The zero-order chi connectivity index (χ0) is 8.27. The Bertz CT molecular complexity index is 254. The summed E-state index contributed by atoms with van der Waals surface area (Å²) in [5, 5.41) is 8.57. The molecule has 0 unspecified atom stereocenters. The highest BCUT2D eigenvalue weighted by molar-refractivity contribution is 7.80. The Morgan fingerprint density at radius 1 is 1.73 bits per heavy atom. The minimum atomic E-state index is -0.229. The van der Waals surface area contributed by atoms with Gasteiger partial charge in [0.15, 0.2) is 5.76 Å². The van der Waals surface area contributed by atoms with Crippen molar-refractivity contribution in [2.45, 2.75) is 6.61 Å². The number of ether oxygens (including phenoxy) is 1. The summed E-state index contributed by atoms with van der Waals surface area (Å²) < 4.78 is 9.87.